The quantitative estimate of drug-likeness (QED) is 0.372. The van der Waals surface area contributed by atoms with Gasteiger partial charge in [0.25, 0.3) is 5.56 Å². The Morgan fingerprint density at radius 1 is 1.07 bits per heavy atom. The predicted molar refractivity (Wildman–Crippen MR) is 121 cm³/mol. The molecule has 5 rings (SSSR count). The number of carbonyl (C=O) groups is 1. The fourth-order valence-electron chi connectivity index (χ4n) is 3.12. The summed E-state index contributed by atoms with van der Waals surface area (Å²) in [5, 5.41) is 12.7. The first-order chi connectivity index (χ1) is 14.6. The maximum absolute atomic E-state index is 12.1. The summed E-state index contributed by atoms with van der Waals surface area (Å²) in [5.41, 5.74) is 4.45. The average Bonchev–Trinajstić information content (AvgIpc) is 3.45. The molecule has 0 aliphatic rings. The minimum absolute atomic E-state index is 0.0970. The number of carboxylic acids is 1. The fraction of sp³-hybridized carbons (Fsp3) is 0.0870. The number of carboxylic acid groups (broad SMARTS) is 1. The van der Waals surface area contributed by atoms with Gasteiger partial charge in [-0.25, -0.2) is 4.98 Å². The molecule has 0 amide bonds. The van der Waals surface area contributed by atoms with Crippen LogP contribution in [0.4, 0.5) is 0 Å². The molecule has 150 valence electrons. The van der Waals surface area contributed by atoms with E-state index in [1.807, 2.05) is 36.4 Å². The maximum atomic E-state index is 12.1. The van der Waals surface area contributed by atoms with Crippen molar-refractivity contribution in [1.29, 1.82) is 0 Å². The van der Waals surface area contributed by atoms with Crippen molar-refractivity contribution in [2.75, 3.05) is 0 Å². The third-order valence-corrected chi connectivity index (χ3v) is 5.55. The smallest absolute Gasteiger partial charge is 0.303 e. The first-order valence-corrected chi connectivity index (χ1v) is 10.3. The summed E-state index contributed by atoms with van der Waals surface area (Å²) in [7, 11) is 0. The van der Waals surface area contributed by atoms with Gasteiger partial charge >= 0.3 is 5.97 Å². The van der Waals surface area contributed by atoms with Crippen LogP contribution in [0.3, 0.4) is 0 Å². The average molecular weight is 417 g/mol. The normalized spacial score (nSPS) is 10.7. The Bertz CT molecular complexity index is 1380. The minimum atomic E-state index is -0.745. The van der Waals surface area contributed by atoms with E-state index in [-0.39, 0.29) is 12.0 Å². The Labute approximate surface area is 175 Å². The molecule has 0 saturated carbocycles. The monoisotopic (exact) mass is 417 g/mol. The lowest BCUT2D eigenvalue weighted by Crippen LogP contribution is -2.05. The van der Waals surface area contributed by atoms with Crippen molar-refractivity contribution < 1.29 is 9.90 Å². The number of aromatic amines is 2. The van der Waals surface area contributed by atoms with Crippen molar-refractivity contribution in [3.63, 3.8) is 0 Å². The van der Waals surface area contributed by atoms with Gasteiger partial charge in [0.2, 0.25) is 0 Å². The van der Waals surface area contributed by atoms with Crippen molar-refractivity contribution in [1.82, 2.24) is 15.0 Å². The van der Waals surface area contributed by atoms with Crippen LogP contribution < -0.4 is 5.56 Å². The van der Waals surface area contributed by atoms with E-state index in [4.69, 9.17) is 10.1 Å². The Morgan fingerprint density at radius 2 is 1.83 bits per heavy atom. The number of thiazole rings is 1. The second-order valence-electron chi connectivity index (χ2n) is 6.63. The molecule has 0 aliphatic heterocycles. The van der Waals surface area contributed by atoms with Crippen molar-refractivity contribution in [2.24, 2.45) is 0 Å². The molecule has 7 heteroatoms. The molecule has 0 atom stereocenters. The highest BCUT2D eigenvalue weighted by Gasteiger charge is 2.10. The number of rotatable bonds is 3. The summed E-state index contributed by atoms with van der Waals surface area (Å²) < 4.78 is 0. The largest absolute Gasteiger partial charge is 0.481 e. The van der Waals surface area contributed by atoms with Gasteiger partial charge in [-0.2, -0.15) is 0 Å². The van der Waals surface area contributed by atoms with Gasteiger partial charge in [-0.05, 0) is 18.2 Å². The Kier molecular flexibility index (Phi) is 5.45. The summed E-state index contributed by atoms with van der Waals surface area (Å²) in [4.78, 5) is 32.2. The zero-order valence-electron chi connectivity index (χ0n) is 16.2. The summed E-state index contributed by atoms with van der Waals surface area (Å²) >= 11 is 1.64. The van der Waals surface area contributed by atoms with Crippen molar-refractivity contribution in [3.05, 3.63) is 76.5 Å². The van der Waals surface area contributed by atoms with Gasteiger partial charge in [-0.15, -0.1) is 11.3 Å². The first kappa shape index (κ1) is 19.6. The van der Waals surface area contributed by atoms with Crippen LogP contribution in [0.1, 0.15) is 13.3 Å². The molecule has 0 saturated heterocycles. The number of hydrogen-bond donors (Lipinski definition) is 3. The second-order valence-corrected chi connectivity index (χ2v) is 7.49. The van der Waals surface area contributed by atoms with Crippen LogP contribution in [0.2, 0.25) is 0 Å². The molecule has 30 heavy (non-hydrogen) atoms. The van der Waals surface area contributed by atoms with E-state index in [9.17, 15) is 9.59 Å². The fourth-order valence-corrected chi connectivity index (χ4v) is 3.96. The minimum Gasteiger partial charge on any atom is -0.481 e. The van der Waals surface area contributed by atoms with E-state index in [1.165, 1.54) is 0 Å². The number of H-pyrrole nitrogens is 2. The highest BCUT2D eigenvalue weighted by Crippen LogP contribution is 2.31. The van der Waals surface area contributed by atoms with Crippen LogP contribution in [0.5, 0.6) is 0 Å². The summed E-state index contributed by atoms with van der Waals surface area (Å²) in [6, 6.07) is 18.1. The van der Waals surface area contributed by atoms with Crippen LogP contribution in [0, 0.1) is 0 Å². The Balaban J connectivity index is 0.000000393. The lowest BCUT2D eigenvalue weighted by molar-refractivity contribution is -0.136. The van der Waals surface area contributed by atoms with E-state index >= 15 is 0 Å². The van der Waals surface area contributed by atoms with E-state index in [2.05, 4.69) is 33.5 Å². The van der Waals surface area contributed by atoms with Crippen molar-refractivity contribution in [2.45, 2.75) is 13.3 Å². The molecular formula is C23H19N3O3S. The zero-order valence-corrected chi connectivity index (χ0v) is 17.0. The van der Waals surface area contributed by atoms with Gasteiger partial charge in [-0.3, -0.25) is 9.59 Å². The van der Waals surface area contributed by atoms with Crippen LogP contribution in [-0.4, -0.2) is 26.0 Å². The molecule has 3 N–H and O–H groups in total. The molecule has 0 spiro atoms. The molecule has 0 fully saturated rings. The lowest BCUT2D eigenvalue weighted by atomic mass is 10.1. The van der Waals surface area contributed by atoms with Gasteiger partial charge in [0.1, 0.15) is 10.5 Å². The molecule has 3 aromatic heterocycles. The number of nitrogens with zero attached hydrogens (tertiary/aromatic N) is 1. The van der Waals surface area contributed by atoms with E-state index in [1.54, 1.807) is 24.5 Å². The van der Waals surface area contributed by atoms with Gasteiger partial charge < -0.3 is 15.1 Å². The number of aliphatic carboxylic acids is 1. The number of hydrogen-bond acceptors (Lipinski definition) is 4. The molecule has 5 aromatic rings. The second kappa shape index (κ2) is 8.34. The Morgan fingerprint density at radius 3 is 2.57 bits per heavy atom. The van der Waals surface area contributed by atoms with Gasteiger partial charge in [0.15, 0.2) is 0 Å². The number of pyridine rings is 1. The summed E-state index contributed by atoms with van der Waals surface area (Å²) in [6.07, 6.45) is 2.02. The van der Waals surface area contributed by atoms with Crippen LogP contribution >= 0.6 is 11.3 Å². The standard InChI is InChI=1S/C20H13N3OS.C3H6O2/c24-19-18-14(8-9-21-18)15-10-13(6-7-16(15)22-19)17-11-25-20(23-17)12-4-2-1-3-5-12;1-2-3(4)5/h1-11,21H,(H,22,24);2H2,1H3,(H,4,5). The number of fused-ring (bicyclic) bond motifs is 3. The van der Waals surface area contributed by atoms with Crippen LogP contribution in [0.15, 0.2) is 71.0 Å². The third-order valence-electron chi connectivity index (χ3n) is 4.66. The predicted octanol–water partition coefficient (Wildman–Crippen LogP) is 5.28. The SMILES string of the molecule is CCC(=O)O.O=c1[nH]c2ccc(-c3csc(-c4ccccc4)n3)cc2c2cc[nH]c12. The highest BCUT2D eigenvalue weighted by atomic mass is 32.1. The molecule has 0 aliphatic carbocycles. The first-order valence-electron chi connectivity index (χ1n) is 9.43. The zero-order chi connectivity index (χ0) is 21.1. The van der Waals surface area contributed by atoms with Crippen molar-refractivity contribution >= 4 is 39.1 Å². The molecule has 0 bridgehead atoms. The maximum Gasteiger partial charge on any atom is 0.303 e. The van der Waals surface area contributed by atoms with Crippen molar-refractivity contribution in [3.8, 4) is 21.8 Å². The molecule has 3 heterocycles. The molecular weight excluding hydrogens is 398 g/mol. The molecule has 6 nitrogen and oxygen atoms in total. The number of aromatic nitrogens is 3. The van der Waals surface area contributed by atoms with Crippen LogP contribution in [-0.2, 0) is 4.79 Å². The van der Waals surface area contributed by atoms with E-state index in [0.29, 0.717) is 5.52 Å². The summed E-state index contributed by atoms with van der Waals surface area (Å²) in [5.74, 6) is -0.745. The molecule has 2 aromatic carbocycles. The van der Waals surface area contributed by atoms with Gasteiger partial charge in [0.05, 0.1) is 5.69 Å². The lowest BCUT2D eigenvalue weighted by Gasteiger charge is -2.03. The van der Waals surface area contributed by atoms with E-state index in [0.717, 1.165) is 38.1 Å². The topological polar surface area (TPSA) is 98.8 Å². The summed E-state index contributed by atoms with van der Waals surface area (Å²) in [6.45, 7) is 1.60. The highest BCUT2D eigenvalue weighted by molar-refractivity contribution is 7.13. The van der Waals surface area contributed by atoms with E-state index < -0.39 is 5.97 Å². The number of benzene rings is 2. The Hall–Kier alpha value is -3.71. The number of nitrogens with one attached hydrogen (secondary N) is 2. The van der Waals surface area contributed by atoms with Gasteiger partial charge in [0, 0.05) is 45.4 Å². The molecule has 0 radical (unpaired) electrons. The third kappa shape index (κ3) is 3.88. The van der Waals surface area contributed by atoms with Crippen LogP contribution in [0.25, 0.3) is 43.6 Å². The molecule has 0 unspecified atom stereocenters. The van der Waals surface area contributed by atoms with Gasteiger partial charge in [-0.1, -0.05) is 43.3 Å².